The third-order valence-electron chi connectivity index (χ3n) is 3.45. The normalized spacial score (nSPS) is 13.0. The summed E-state index contributed by atoms with van der Waals surface area (Å²) < 4.78 is 5.40. The van der Waals surface area contributed by atoms with Crippen LogP contribution in [-0.2, 0) is 11.3 Å². The summed E-state index contributed by atoms with van der Waals surface area (Å²) in [7, 11) is 1.92. The summed E-state index contributed by atoms with van der Waals surface area (Å²) in [5.74, 6) is 0.558. The number of carbonyl (C=O) groups is 2. The summed E-state index contributed by atoms with van der Waals surface area (Å²) >= 11 is 0. The van der Waals surface area contributed by atoms with Crippen LogP contribution in [0.2, 0.25) is 0 Å². The molecule has 6 nitrogen and oxygen atoms in total. The van der Waals surface area contributed by atoms with E-state index in [9.17, 15) is 9.59 Å². The highest BCUT2D eigenvalue weighted by molar-refractivity contribution is 5.94. The van der Waals surface area contributed by atoms with Crippen molar-refractivity contribution in [3.05, 3.63) is 29.8 Å². The number of imide groups is 1. The Morgan fingerprint density at radius 2 is 1.87 bits per heavy atom. The zero-order chi connectivity index (χ0) is 17.2. The van der Waals surface area contributed by atoms with Crippen molar-refractivity contribution in [3.63, 3.8) is 0 Å². The first-order valence-corrected chi connectivity index (χ1v) is 8.08. The molecule has 1 aromatic carbocycles. The average Bonchev–Trinajstić information content (AvgIpc) is 2.48. The van der Waals surface area contributed by atoms with E-state index in [0.29, 0.717) is 13.2 Å². The number of urea groups is 1. The van der Waals surface area contributed by atoms with E-state index in [1.54, 1.807) is 0 Å². The third kappa shape index (κ3) is 7.65. The van der Waals surface area contributed by atoms with Crippen molar-refractivity contribution in [3.8, 4) is 5.75 Å². The minimum Gasteiger partial charge on any atom is -0.494 e. The summed E-state index contributed by atoms with van der Waals surface area (Å²) in [6.07, 6.45) is 0.824. The first kappa shape index (κ1) is 19.0. The Labute approximate surface area is 138 Å². The fraction of sp³-hybridized carbons (Fsp3) is 0.529. The van der Waals surface area contributed by atoms with Gasteiger partial charge in [-0.2, -0.15) is 0 Å². The highest BCUT2D eigenvalue weighted by atomic mass is 16.5. The van der Waals surface area contributed by atoms with Crippen LogP contribution in [0.4, 0.5) is 4.79 Å². The van der Waals surface area contributed by atoms with Crippen LogP contribution in [0.1, 0.15) is 32.8 Å². The molecular formula is C17H28N3O3+. The van der Waals surface area contributed by atoms with Gasteiger partial charge in [0.25, 0.3) is 5.91 Å². The van der Waals surface area contributed by atoms with E-state index in [4.69, 9.17) is 4.74 Å². The number of likely N-dealkylation sites (N-methyl/N-ethyl adjacent to an activating group) is 1. The molecule has 0 radical (unpaired) electrons. The quantitative estimate of drug-likeness (QED) is 0.660. The molecule has 1 rings (SSSR count). The van der Waals surface area contributed by atoms with Gasteiger partial charge in [-0.15, -0.1) is 0 Å². The molecule has 3 amide bonds. The van der Waals surface area contributed by atoms with Gasteiger partial charge in [0.05, 0.1) is 13.7 Å². The second-order valence-electron chi connectivity index (χ2n) is 5.72. The van der Waals surface area contributed by atoms with Crippen LogP contribution in [0.5, 0.6) is 5.75 Å². The van der Waals surface area contributed by atoms with Crippen LogP contribution >= 0.6 is 0 Å². The van der Waals surface area contributed by atoms with Gasteiger partial charge < -0.3 is 15.0 Å². The van der Waals surface area contributed by atoms with Gasteiger partial charge in [0.15, 0.2) is 6.54 Å². The van der Waals surface area contributed by atoms with Gasteiger partial charge in [0.1, 0.15) is 12.3 Å². The molecule has 128 valence electrons. The zero-order valence-corrected chi connectivity index (χ0v) is 14.4. The minimum atomic E-state index is -0.432. The molecule has 0 heterocycles. The number of quaternary nitrogens is 1. The Morgan fingerprint density at radius 3 is 2.43 bits per heavy atom. The Morgan fingerprint density at radius 1 is 1.22 bits per heavy atom. The van der Waals surface area contributed by atoms with E-state index in [0.717, 1.165) is 22.6 Å². The predicted octanol–water partition coefficient (Wildman–Crippen LogP) is 0.724. The van der Waals surface area contributed by atoms with Crippen molar-refractivity contribution in [1.82, 2.24) is 10.6 Å². The number of rotatable bonds is 8. The molecule has 6 heteroatoms. The van der Waals surface area contributed by atoms with Crippen LogP contribution in [-0.4, -0.2) is 38.2 Å². The highest BCUT2D eigenvalue weighted by Gasteiger charge is 2.14. The lowest BCUT2D eigenvalue weighted by Crippen LogP contribution is -3.09. The van der Waals surface area contributed by atoms with E-state index >= 15 is 0 Å². The molecule has 0 aliphatic heterocycles. The van der Waals surface area contributed by atoms with Crippen molar-refractivity contribution in [2.24, 2.45) is 0 Å². The number of carbonyl (C=O) groups excluding carboxylic acids is 2. The number of hydrogen-bond acceptors (Lipinski definition) is 3. The molecule has 0 spiro atoms. The molecule has 0 fully saturated rings. The maximum absolute atomic E-state index is 11.9. The summed E-state index contributed by atoms with van der Waals surface area (Å²) in [6, 6.07) is 7.44. The van der Waals surface area contributed by atoms with Crippen molar-refractivity contribution < 1.29 is 19.2 Å². The molecule has 0 saturated heterocycles. The third-order valence-corrected chi connectivity index (χ3v) is 3.45. The molecule has 0 aliphatic rings. The van der Waals surface area contributed by atoms with E-state index in [1.165, 1.54) is 0 Å². The predicted molar refractivity (Wildman–Crippen MR) is 89.5 cm³/mol. The van der Waals surface area contributed by atoms with E-state index in [-0.39, 0.29) is 18.5 Å². The van der Waals surface area contributed by atoms with Gasteiger partial charge in [-0.25, -0.2) is 4.79 Å². The van der Waals surface area contributed by atoms with Gasteiger partial charge in [-0.05, 0) is 44.5 Å². The first-order chi connectivity index (χ1) is 10.9. The SMILES string of the molecule is CCOc1ccc(C[NH+](C)CC(=O)NC(=O)N[C@H](C)CC)cc1. The van der Waals surface area contributed by atoms with Crippen molar-refractivity contribution in [2.75, 3.05) is 20.2 Å². The summed E-state index contributed by atoms with van der Waals surface area (Å²) in [5.41, 5.74) is 1.11. The summed E-state index contributed by atoms with van der Waals surface area (Å²) in [6.45, 7) is 7.40. The number of ether oxygens (including phenoxy) is 1. The Kier molecular flexibility index (Phi) is 8.11. The summed E-state index contributed by atoms with van der Waals surface area (Å²) in [5, 5.41) is 5.07. The molecule has 2 atom stereocenters. The zero-order valence-electron chi connectivity index (χ0n) is 14.4. The van der Waals surface area contributed by atoms with E-state index < -0.39 is 6.03 Å². The number of benzene rings is 1. The number of amides is 3. The maximum atomic E-state index is 11.9. The van der Waals surface area contributed by atoms with Gasteiger partial charge >= 0.3 is 6.03 Å². The maximum Gasteiger partial charge on any atom is 0.321 e. The lowest BCUT2D eigenvalue weighted by atomic mass is 10.2. The van der Waals surface area contributed by atoms with Gasteiger partial charge in [-0.1, -0.05) is 6.92 Å². The molecule has 23 heavy (non-hydrogen) atoms. The average molecular weight is 322 g/mol. The first-order valence-electron chi connectivity index (χ1n) is 8.08. The van der Waals surface area contributed by atoms with Gasteiger partial charge in [-0.3, -0.25) is 10.1 Å². The van der Waals surface area contributed by atoms with Crippen LogP contribution in [0.3, 0.4) is 0 Å². The topological polar surface area (TPSA) is 71.9 Å². The largest absolute Gasteiger partial charge is 0.494 e. The Hall–Kier alpha value is -2.08. The van der Waals surface area contributed by atoms with Crippen molar-refractivity contribution in [1.29, 1.82) is 0 Å². The van der Waals surface area contributed by atoms with Crippen LogP contribution in [0.15, 0.2) is 24.3 Å². The van der Waals surface area contributed by atoms with Gasteiger partial charge in [0.2, 0.25) is 0 Å². The van der Waals surface area contributed by atoms with E-state index in [2.05, 4.69) is 10.6 Å². The number of nitrogens with one attached hydrogen (secondary N) is 3. The molecule has 0 aromatic heterocycles. The van der Waals surface area contributed by atoms with Gasteiger partial charge in [0, 0.05) is 11.6 Å². The van der Waals surface area contributed by atoms with Crippen LogP contribution in [0.25, 0.3) is 0 Å². The van der Waals surface area contributed by atoms with Crippen LogP contribution < -0.4 is 20.3 Å². The second-order valence-corrected chi connectivity index (χ2v) is 5.72. The fourth-order valence-electron chi connectivity index (χ4n) is 2.09. The second kappa shape index (κ2) is 9.84. The van der Waals surface area contributed by atoms with Crippen molar-refractivity contribution in [2.45, 2.75) is 39.8 Å². The smallest absolute Gasteiger partial charge is 0.321 e. The number of hydrogen-bond donors (Lipinski definition) is 3. The minimum absolute atomic E-state index is 0.0525. The fourth-order valence-corrected chi connectivity index (χ4v) is 2.09. The molecule has 3 N–H and O–H groups in total. The van der Waals surface area contributed by atoms with Crippen LogP contribution in [0, 0.1) is 0 Å². The van der Waals surface area contributed by atoms with E-state index in [1.807, 2.05) is 52.1 Å². The molecule has 0 bridgehead atoms. The molecule has 1 aromatic rings. The molecule has 0 aliphatic carbocycles. The van der Waals surface area contributed by atoms with Crippen molar-refractivity contribution >= 4 is 11.9 Å². The molecular weight excluding hydrogens is 294 g/mol. The lowest BCUT2D eigenvalue weighted by Gasteiger charge is -2.15. The Balaban J connectivity index is 2.38. The lowest BCUT2D eigenvalue weighted by molar-refractivity contribution is -0.885. The molecule has 1 unspecified atom stereocenters. The molecule has 0 saturated carbocycles. The highest BCUT2D eigenvalue weighted by Crippen LogP contribution is 2.11. The Bertz CT molecular complexity index is 502. The summed E-state index contributed by atoms with van der Waals surface area (Å²) in [4.78, 5) is 24.4. The monoisotopic (exact) mass is 322 g/mol. The standard InChI is InChI=1S/C17H27N3O3/c1-5-13(3)18-17(22)19-16(21)12-20(4)11-14-7-9-15(10-8-14)23-6-2/h7-10,13H,5-6,11-12H2,1-4H3,(H2,18,19,21,22)/p+1/t13-/m1/s1.